The average molecular weight is 328 g/mol. The fraction of sp³-hybridized carbons (Fsp3) is 0.111. The first-order valence-corrected chi connectivity index (χ1v) is 7.08. The number of amides is 1. The number of halogens is 2. The van der Waals surface area contributed by atoms with Crippen molar-refractivity contribution in [1.82, 2.24) is 5.32 Å². The highest BCUT2D eigenvalue weighted by molar-refractivity contribution is 6.01. The van der Waals surface area contributed by atoms with Gasteiger partial charge in [-0.05, 0) is 36.3 Å². The number of carbonyl (C=O) groups is 1. The van der Waals surface area contributed by atoms with Crippen molar-refractivity contribution in [3.63, 3.8) is 0 Å². The maximum atomic E-state index is 13.3. The van der Waals surface area contributed by atoms with Crippen molar-refractivity contribution in [2.75, 3.05) is 0 Å². The normalized spacial score (nSPS) is 12.3. The van der Waals surface area contributed by atoms with Gasteiger partial charge in [-0.3, -0.25) is 4.79 Å². The highest BCUT2D eigenvalue weighted by atomic mass is 19.1. The van der Waals surface area contributed by atoms with E-state index < -0.39 is 23.3 Å². The van der Waals surface area contributed by atoms with E-state index in [0.717, 1.165) is 23.8 Å². The van der Waals surface area contributed by atoms with Crippen molar-refractivity contribution in [3.8, 4) is 11.8 Å². The molecule has 2 aromatic rings. The van der Waals surface area contributed by atoms with E-state index >= 15 is 0 Å². The summed E-state index contributed by atoms with van der Waals surface area (Å²) in [7, 11) is 0. The Labute approximate surface area is 137 Å². The molecule has 2 aromatic carbocycles. The molecule has 0 aliphatic carbocycles. The minimum Gasteiger partial charge on any atom is -0.503 e. The second-order valence-electron chi connectivity index (χ2n) is 5.11. The minimum atomic E-state index is -1.17. The lowest BCUT2D eigenvalue weighted by molar-refractivity contribution is -0.117. The molecule has 0 aliphatic rings. The summed E-state index contributed by atoms with van der Waals surface area (Å²) in [6.45, 7) is 1.75. The standard InChI is InChI=1S/C18H14F2N2O2/c1-11(13-5-3-2-4-6-13)22-18(24)14(10-21)7-12-8-15(19)17(23)16(20)9-12/h2-9,11,23H,1H3,(H,22,24)/b14-7-. The number of carbonyl (C=O) groups excluding carboxylic acids is 1. The lowest BCUT2D eigenvalue weighted by Gasteiger charge is -2.13. The lowest BCUT2D eigenvalue weighted by atomic mass is 10.1. The first-order chi connectivity index (χ1) is 11.4. The number of hydrogen-bond acceptors (Lipinski definition) is 3. The minimum absolute atomic E-state index is 0.0399. The van der Waals surface area contributed by atoms with Crippen molar-refractivity contribution in [3.05, 3.63) is 70.8 Å². The highest BCUT2D eigenvalue weighted by Crippen LogP contribution is 2.23. The topological polar surface area (TPSA) is 73.1 Å². The van der Waals surface area contributed by atoms with Gasteiger partial charge in [0.15, 0.2) is 17.4 Å². The van der Waals surface area contributed by atoms with Crippen molar-refractivity contribution < 1.29 is 18.7 Å². The third-order valence-corrected chi connectivity index (χ3v) is 3.36. The monoisotopic (exact) mass is 328 g/mol. The smallest absolute Gasteiger partial charge is 0.262 e. The number of nitrogens with zero attached hydrogens (tertiary/aromatic N) is 1. The van der Waals surface area contributed by atoms with Crippen LogP contribution in [0.1, 0.15) is 24.1 Å². The van der Waals surface area contributed by atoms with E-state index in [2.05, 4.69) is 5.32 Å². The number of phenols is 1. The molecule has 0 radical (unpaired) electrons. The van der Waals surface area contributed by atoms with E-state index in [1.807, 2.05) is 30.3 Å². The molecule has 0 spiro atoms. The fourth-order valence-electron chi connectivity index (χ4n) is 2.08. The summed E-state index contributed by atoms with van der Waals surface area (Å²) in [6.07, 6.45) is 1.05. The van der Waals surface area contributed by atoms with E-state index in [9.17, 15) is 13.6 Å². The van der Waals surface area contributed by atoms with Crippen LogP contribution in [0.5, 0.6) is 5.75 Å². The Kier molecular flexibility index (Phi) is 5.27. The van der Waals surface area contributed by atoms with Crippen LogP contribution in [0.3, 0.4) is 0 Å². The zero-order valence-corrected chi connectivity index (χ0v) is 12.8. The fourth-order valence-corrected chi connectivity index (χ4v) is 2.08. The Balaban J connectivity index is 2.22. The van der Waals surface area contributed by atoms with E-state index in [4.69, 9.17) is 10.4 Å². The van der Waals surface area contributed by atoms with Crippen LogP contribution in [0.4, 0.5) is 8.78 Å². The van der Waals surface area contributed by atoms with Crippen molar-refractivity contribution in [2.45, 2.75) is 13.0 Å². The number of benzene rings is 2. The quantitative estimate of drug-likeness (QED) is 0.667. The Hall–Kier alpha value is -3.20. The van der Waals surface area contributed by atoms with Crippen LogP contribution in [0.15, 0.2) is 48.0 Å². The van der Waals surface area contributed by atoms with Gasteiger partial charge in [0, 0.05) is 0 Å². The van der Waals surface area contributed by atoms with Crippen LogP contribution in [0.25, 0.3) is 6.08 Å². The molecular weight excluding hydrogens is 314 g/mol. The maximum absolute atomic E-state index is 13.3. The molecule has 2 N–H and O–H groups in total. The largest absolute Gasteiger partial charge is 0.503 e. The van der Waals surface area contributed by atoms with Gasteiger partial charge < -0.3 is 10.4 Å². The molecule has 6 heteroatoms. The molecule has 0 heterocycles. The van der Waals surface area contributed by atoms with Crippen LogP contribution in [0.2, 0.25) is 0 Å². The summed E-state index contributed by atoms with van der Waals surface area (Å²) in [5.74, 6) is -4.11. The summed E-state index contributed by atoms with van der Waals surface area (Å²) in [5, 5.41) is 20.8. The van der Waals surface area contributed by atoms with Crippen LogP contribution >= 0.6 is 0 Å². The van der Waals surface area contributed by atoms with Gasteiger partial charge >= 0.3 is 0 Å². The lowest BCUT2D eigenvalue weighted by Crippen LogP contribution is -2.27. The van der Waals surface area contributed by atoms with Crippen molar-refractivity contribution >= 4 is 12.0 Å². The highest BCUT2D eigenvalue weighted by Gasteiger charge is 2.15. The third-order valence-electron chi connectivity index (χ3n) is 3.36. The van der Waals surface area contributed by atoms with E-state index in [1.165, 1.54) is 0 Å². The second kappa shape index (κ2) is 7.38. The van der Waals surface area contributed by atoms with Crippen molar-refractivity contribution in [1.29, 1.82) is 5.26 Å². The van der Waals surface area contributed by atoms with E-state index in [1.54, 1.807) is 13.0 Å². The summed E-state index contributed by atoms with van der Waals surface area (Å²) >= 11 is 0. The molecule has 24 heavy (non-hydrogen) atoms. The Bertz CT molecular complexity index is 804. The second-order valence-corrected chi connectivity index (χ2v) is 5.11. The summed E-state index contributed by atoms with van der Waals surface area (Å²) in [6, 6.07) is 12.2. The predicted octanol–water partition coefficient (Wildman–Crippen LogP) is 3.45. The summed E-state index contributed by atoms with van der Waals surface area (Å²) < 4.78 is 26.6. The molecule has 1 amide bonds. The van der Waals surface area contributed by atoms with Crippen LogP contribution < -0.4 is 5.32 Å². The average Bonchev–Trinajstić information content (AvgIpc) is 2.58. The van der Waals surface area contributed by atoms with Crippen LogP contribution in [-0.2, 0) is 4.79 Å². The maximum Gasteiger partial charge on any atom is 0.262 e. The molecule has 122 valence electrons. The molecule has 2 rings (SSSR count). The van der Waals surface area contributed by atoms with Gasteiger partial charge in [-0.2, -0.15) is 5.26 Å². The molecule has 0 fully saturated rings. The van der Waals surface area contributed by atoms with Crippen LogP contribution in [0, 0.1) is 23.0 Å². The van der Waals surface area contributed by atoms with Gasteiger partial charge in [0.1, 0.15) is 11.6 Å². The number of rotatable bonds is 4. The molecule has 4 nitrogen and oxygen atoms in total. The van der Waals surface area contributed by atoms with Gasteiger partial charge in [0.25, 0.3) is 5.91 Å². The summed E-state index contributed by atoms with van der Waals surface area (Å²) in [5.41, 5.74) is 0.508. The van der Waals surface area contributed by atoms with Gasteiger partial charge in [-0.1, -0.05) is 30.3 Å². The summed E-state index contributed by atoms with van der Waals surface area (Å²) in [4.78, 5) is 12.2. The molecule has 0 aromatic heterocycles. The zero-order chi connectivity index (χ0) is 17.7. The van der Waals surface area contributed by atoms with Gasteiger partial charge in [-0.25, -0.2) is 8.78 Å². The van der Waals surface area contributed by atoms with E-state index in [0.29, 0.717) is 0 Å². The molecule has 1 atom stereocenters. The number of nitriles is 1. The molecule has 0 aliphatic heterocycles. The Morgan fingerprint density at radius 1 is 1.25 bits per heavy atom. The predicted molar refractivity (Wildman–Crippen MR) is 84.6 cm³/mol. The third kappa shape index (κ3) is 3.96. The molecule has 1 unspecified atom stereocenters. The molecule has 0 saturated carbocycles. The van der Waals surface area contributed by atoms with Gasteiger partial charge in [0.05, 0.1) is 6.04 Å². The van der Waals surface area contributed by atoms with Crippen molar-refractivity contribution in [2.24, 2.45) is 0 Å². The van der Waals surface area contributed by atoms with E-state index in [-0.39, 0.29) is 17.2 Å². The molecular formula is C18H14F2N2O2. The number of nitrogens with one attached hydrogen (secondary N) is 1. The Morgan fingerprint density at radius 2 is 1.83 bits per heavy atom. The molecule has 0 saturated heterocycles. The SMILES string of the molecule is CC(NC(=O)/C(C#N)=C\c1cc(F)c(O)c(F)c1)c1ccccc1. The Morgan fingerprint density at radius 3 is 2.38 bits per heavy atom. The zero-order valence-electron chi connectivity index (χ0n) is 12.8. The first-order valence-electron chi connectivity index (χ1n) is 7.08. The molecule has 0 bridgehead atoms. The van der Waals surface area contributed by atoms with Crippen LogP contribution in [-0.4, -0.2) is 11.0 Å². The van der Waals surface area contributed by atoms with Gasteiger partial charge in [-0.15, -0.1) is 0 Å². The number of phenolic OH excluding ortho intramolecular Hbond substituents is 1. The number of hydrogen-bond donors (Lipinski definition) is 2. The first kappa shape index (κ1) is 17.2. The van der Waals surface area contributed by atoms with Gasteiger partial charge in [0.2, 0.25) is 0 Å². The number of aromatic hydroxyl groups is 1.